The monoisotopic (exact) mass is 381 g/mol. The molecular formula is C19H21F2NO3S. The standard InChI is InChI=1S/C19H21F2NO3S/c20-19(21)26-11-15-5-4-14(25-15)10-22-18(12-1-2-12)13-3-6-16-17(9-13)24-8-7-23-16/h3-6,9,12,18-19,22H,1-2,7-8,10-11H2. The number of hydrogen-bond donors (Lipinski definition) is 1. The van der Waals surface area contributed by atoms with Crippen LogP contribution in [0.2, 0.25) is 0 Å². The molecule has 1 aliphatic carbocycles. The topological polar surface area (TPSA) is 43.6 Å². The fraction of sp³-hybridized carbons (Fsp3) is 0.474. The van der Waals surface area contributed by atoms with Crippen LogP contribution < -0.4 is 14.8 Å². The lowest BCUT2D eigenvalue weighted by atomic mass is 10.0. The van der Waals surface area contributed by atoms with Gasteiger partial charge in [-0.25, -0.2) is 0 Å². The molecule has 7 heteroatoms. The van der Waals surface area contributed by atoms with Gasteiger partial charge in [0.25, 0.3) is 5.76 Å². The molecule has 0 bridgehead atoms. The molecule has 4 nitrogen and oxygen atoms in total. The molecule has 1 aromatic heterocycles. The molecule has 1 N–H and O–H groups in total. The molecule has 1 aliphatic heterocycles. The van der Waals surface area contributed by atoms with E-state index >= 15 is 0 Å². The van der Waals surface area contributed by atoms with Crippen molar-refractivity contribution in [2.75, 3.05) is 13.2 Å². The van der Waals surface area contributed by atoms with E-state index in [9.17, 15) is 8.78 Å². The van der Waals surface area contributed by atoms with E-state index in [1.807, 2.05) is 12.1 Å². The Balaban J connectivity index is 1.40. The number of furan rings is 1. The van der Waals surface area contributed by atoms with Crippen LogP contribution in [-0.4, -0.2) is 19.0 Å². The highest BCUT2D eigenvalue weighted by Crippen LogP contribution is 2.43. The number of fused-ring (bicyclic) bond motifs is 1. The lowest BCUT2D eigenvalue weighted by Gasteiger charge is -2.23. The maximum Gasteiger partial charge on any atom is 0.284 e. The van der Waals surface area contributed by atoms with Crippen LogP contribution in [0.5, 0.6) is 11.5 Å². The lowest BCUT2D eigenvalue weighted by Crippen LogP contribution is -2.23. The zero-order valence-corrected chi connectivity index (χ0v) is 15.1. The smallest absolute Gasteiger partial charge is 0.284 e. The highest BCUT2D eigenvalue weighted by atomic mass is 32.2. The van der Waals surface area contributed by atoms with Crippen LogP contribution in [-0.2, 0) is 12.3 Å². The Hall–Kier alpha value is -1.73. The van der Waals surface area contributed by atoms with E-state index in [-0.39, 0.29) is 11.8 Å². The summed E-state index contributed by atoms with van der Waals surface area (Å²) in [6.07, 6.45) is 2.39. The molecule has 1 unspecified atom stereocenters. The van der Waals surface area contributed by atoms with Crippen molar-refractivity contribution in [1.82, 2.24) is 5.32 Å². The van der Waals surface area contributed by atoms with Crippen molar-refractivity contribution in [1.29, 1.82) is 0 Å². The summed E-state index contributed by atoms with van der Waals surface area (Å²) < 4.78 is 41.5. The number of hydrogen-bond acceptors (Lipinski definition) is 5. The number of thioether (sulfide) groups is 1. The Morgan fingerprint density at radius 1 is 1.04 bits per heavy atom. The summed E-state index contributed by atoms with van der Waals surface area (Å²) in [5.74, 6) is 1.34. The first-order valence-electron chi connectivity index (χ1n) is 8.79. The van der Waals surface area contributed by atoms with E-state index in [1.54, 1.807) is 6.07 Å². The zero-order valence-electron chi connectivity index (χ0n) is 14.3. The predicted molar refractivity (Wildman–Crippen MR) is 95.7 cm³/mol. The van der Waals surface area contributed by atoms with Crippen LogP contribution in [0.15, 0.2) is 34.7 Å². The summed E-state index contributed by atoms with van der Waals surface area (Å²) in [4.78, 5) is 0. The molecule has 1 atom stereocenters. The Kier molecular flexibility index (Phi) is 5.36. The van der Waals surface area contributed by atoms with Crippen molar-refractivity contribution in [3.05, 3.63) is 47.4 Å². The Morgan fingerprint density at radius 2 is 1.81 bits per heavy atom. The maximum atomic E-state index is 12.3. The summed E-state index contributed by atoms with van der Waals surface area (Å²) in [7, 11) is 0. The van der Waals surface area contributed by atoms with Gasteiger partial charge in [-0.15, -0.1) is 0 Å². The molecule has 0 amide bonds. The van der Waals surface area contributed by atoms with Crippen molar-refractivity contribution in [3.8, 4) is 11.5 Å². The third-order valence-corrected chi connectivity index (χ3v) is 5.29. The van der Waals surface area contributed by atoms with Gasteiger partial charge in [0.15, 0.2) is 11.5 Å². The third kappa shape index (κ3) is 4.32. The van der Waals surface area contributed by atoms with Gasteiger partial charge in [0.2, 0.25) is 0 Å². The molecule has 0 radical (unpaired) electrons. The van der Waals surface area contributed by atoms with Gasteiger partial charge < -0.3 is 19.2 Å². The van der Waals surface area contributed by atoms with E-state index in [0.717, 1.165) is 17.3 Å². The maximum absolute atomic E-state index is 12.3. The molecule has 2 aromatic rings. The Bertz CT molecular complexity index is 748. The molecule has 1 aromatic carbocycles. The van der Waals surface area contributed by atoms with Crippen molar-refractivity contribution in [3.63, 3.8) is 0 Å². The number of alkyl halides is 2. The molecule has 0 saturated heterocycles. The van der Waals surface area contributed by atoms with Crippen LogP contribution in [0, 0.1) is 5.92 Å². The Morgan fingerprint density at radius 3 is 2.58 bits per heavy atom. The van der Waals surface area contributed by atoms with Crippen molar-refractivity contribution < 1.29 is 22.7 Å². The van der Waals surface area contributed by atoms with E-state index in [4.69, 9.17) is 13.9 Å². The zero-order chi connectivity index (χ0) is 17.9. The number of halogens is 2. The predicted octanol–water partition coefficient (Wildman–Crippen LogP) is 4.75. The second kappa shape index (κ2) is 7.88. The van der Waals surface area contributed by atoms with E-state index < -0.39 is 5.76 Å². The van der Waals surface area contributed by atoms with Gasteiger partial charge >= 0.3 is 0 Å². The molecule has 140 valence electrons. The van der Waals surface area contributed by atoms with Gasteiger partial charge in [-0.3, -0.25) is 0 Å². The van der Waals surface area contributed by atoms with Gasteiger partial charge in [-0.05, 0) is 48.6 Å². The van der Waals surface area contributed by atoms with Crippen molar-refractivity contribution in [2.24, 2.45) is 5.92 Å². The van der Waals surface area contributed by atoms with E-state index in [1.165, 1.54) is 18.4 Å². The first-order chi connectivity index (χ1) is 12.7. The summed E-state index contributed by atoms with van der Waals surface area (Å²) in [6, 6.07) is 9.93. The minimum atomic E-state index is -2.38. The fourth-order valence-corrected chi connectivity index (χ4v) is 3.64. The number of nitrogens with one attached hydrogen (secondary N) is 1. The number of benzene rings is 1. The first-order valence-corrected chi connectivity index (χ1v) is 9.84. The molecule has 2 aliphatic rings. The molecule has 26 heavy (non-hydrogen) atoms. The lowest BCUT2D eigenvalue weighted by molar-refractivity contribution is 0.171. The van der Waals surface area contributed by atoms with Crippen LogP contribution >= 0.6 is 11.8 Å². The van der Waals surface area contributed by atoms with Gasteiger partial charge in [-0.1, -0.05) is 17.8 Å². The van der Waals surface area contributed by atoms with Gasteiger partial charge in [0.1, 0.15) is 24.7 Å². The average molecular weight is 381 g/mol. The molecule has 2 heterocycles. The minimum Gasteiger partial charge on any atom is -0.486 e. The number of rotatable bonds is 8. The van der Waals surface area contributed by atoms with E-state index in [0.29, 0.717) is 43.2 Å². The molecular weight excluding hydrogens is 360 g/mol. The van der Waals surface area contributed by atoms with Crippen molar-refractivity contribution in [2.45, 2.75) is 36.9 Å². The third-order valence-electron chi connectivity index (χ3n) is 4.58. The van der Waals surface area contributed by atoms with Gasteiger partial charge in [0, 0.05) is 6.04 Å². The summed E-state index contributed by atoms with van der Waals surface area (Å²) >= 11 is 0.574. The minimum absolute atomic E-state index is 0.186. The SMILES string of the molecule is FC(F)SCc1ccc(CNC(c2ccc3c(c2)OCCO3)C2CC2)o1. The first kappa shape index (κ1) is 17.7. The van der Waals surface area contributed by atoms with Crippen LogP contribution in [0.3, 0.4) is 0 Å². The molecule has 1 fully saturated rings. The van der Waals surface area contributed by atoms with Crippen LogP contribution in [0.1, 0.15) is 36.0 Å². The van der Waals surface area contributed by atoms with Crippen LogP contribution in [0.25, 0.3) is 0 Å². The van der Waals surface area contributed by atoms with E-state index in [2.05, 4.69) is 17.4 Å². The molecule has 4 rings (SSSR count). The summed E-state index contributed by atoms with van der Waals surface area (Å²) in [5, 5.41) is 3.55. The van der Waals surface area contributed by atoms with Crippen molar-refractivity contribution >= 4 is 11.8 Å². The van der Waals surface area contributed by atoms with Gasteiger partial charge in [-0.2, -0.15) is 8.78 Å². The molecule has 0 spiro atoms. The largest absolute Gasteiger partial charge is 0.486 e. The highest BCUT2D eigenvalue weighted by molar-refractivity contribution is 7.98. The Labute approximate surface area is 155 Å². The number of ether oxygens (including phenoxy) is 2. The highest BCUT2D eigenvalue weighted by Gasteiger charge is 2.33. The quantitative estimate of drug-likeness (QED) is 0.715. The average Bonchev–Trinajstić information content (AvgIpc) is 3.38. The van der Waals surface area contributed by atoms with Crippen LogP contribution in [0.4, 0.5) is 8.78 Å². The second-order valence-corrected chi connectivity index (χ2v) is 7.52. The van der Waals surface area contributed by atoms with Gasteiger partial charge in [0.05, 0.1) is 12.3 Å². The summed E-state index contributed by atoms with van der Waals surface area (Å²) in [6.45, 7) is 1.72. The summed E-state index contributed by atoms with van der Waals surface area (Å²) in [5.41, 5.74) is 1.18. The second-order valence-electron chi connectivity index (χ2n) is 6.54. The molecule has 1 saturated carbocycles. The fourth-order valence-electron chi connectivity index (χ4n) is 3.19. The normalized spacial score (nSPS) is 17.5.